The number of nitrogen functional groups attached to an aromatic ring is 1. The number of ether oxygens (including phenoxy) is 1. The van der Waals surface area contributed by atoms with Crippen LogP contribution >= 0.6 is 0 Å². The SMILES string of the molecule is CC(C)(C)OC(=O)N1CCc2c(N)nn(Cc3ccc(F)cc3)c2C1. The number of benzene rings is 1. The third kappa shape index (κ3) is 3.92. The summed E-state index contributed by atoms with van der Waals surface area (Å²) < 4.78 is 20.3. The summed E-state index contributed by atoms with van der Waals surface area (Å²) in [6, 6.07) is 6.27. The van der Waals surface area contributed by atoms with Crippen molar-refractivity contribution in [3.05, 3.63) is 46.9 Å². The molecule has 0 saturated carbocycles. The molecule has 0 atom stereocenters. The third-order valence-corrected chi connectivity index (χ3v) is 4.07. The Hall–Kier alpha value is -2.57. The monoisotopic (exact) mass is 346 g/mol. The predicted octanol–water partition coefficient (Wildman–Crippen LogP) is 2.95. The lowest BCUT2D eigenvalue weighted by Gasteiger charge is -2.30. The van der Waals surface area contributed by atoms with Crippen molar-refractivity contribution >= 4 is 11.9 Å². The predicted molar refractivity (Wildman–Crippen MR) is 92.5 cm³/mol. The van der Waals surface area contributed by atoms with E-state index in [1.54, 1.807) is 21.7 Å². The Bertz CT molecular complexity index is 778. The second-order valence-electron chi connectivity index (χ2n) is 7.25. The molecule has 0 fully saturated rings. The lowest BCUT2D eigenvalue weighted by molar-refractivity contribution is 0.0219. The van der Waals surface area contributed by atoms with Crippen LogP contribution in [-0.4, -0.2) is 32.9 Å². The molecule has 0 saturated heterocycles. The van der Waals surface area contributed by atoms with Crippen molar-refractivity contribution in [1.29, 1.82) is 0 Å². The molecule has 0 unspecified atom stereocenters. The van der Waals surface area contributed by atoms with Crippen LogP contribution in [0.1, 0.15) is 37.6 Å². The van der Waals surface area contributed by atoms with Gasteiger partial charge in [0.1, 0.15) is 17.2 Å². The third-order valence-electron chi connectivity index (χ3n) is 4.07. The molecular formula is C18H23FN4O2. The van der Waals surface area contributed by atoms with Gasteiger partial charge in [0.05, 0.1) is 18.8 Å². The number of nitrogens with two attached hydrogens (primary N) is 1. The highest BCUT2D eigenvalue weighted by molar-refractivity contribution is 5.69. The van der Waals surface area contributed by atoms with Gasteiger partial charge in [-0.05, 0) is 44.9 Å². The number of aromatic nitrogens is 2. The molecule has 7 heteroatoms. The zero-order chi connectivity index (χ0) is 18.2. The van der Waals surface area contributed by atoms with Crippen molar-refractivity contribution in [3.8, 4) is 0 Å². The highest BCUT2D eigenvalue weighted by Gasteiger charge is 2.29. The first-order valence-electron chi connectivity index (χ1n) is 8.29. The van der Waals surface area contributed by atoms with Crippen LogP contribution in [-0.2, 0) is 24.2 Å². The van der Waals surface area contributed by atoms with Crippen LogP contribution in [0.25, 0.3) is 0 Å². The fraction of sp³-hybridized carbons (Fsp3) is 0.444. The van der Waals surface area contributed by atoms with Gasteiger partial charge in [0.15, 0.2) is 0 Å². The average molecular weight is 346 g/mol. The standard InChI is InChI=1S/C18H23FN4O2/c1-18(2,3)25-17(24)22-9-8-14-15(11-22)23(21-16(14)20)10-12-4-6-13(19)7-5-12/h4-7H,8-11H2,1-3H3,(H2,20,21). The van der Waals surface area contributed by atoms with Crippen LogP contribution in [0, 0.1) is 5.82 Å². The van der Waals surface area contributed by atoms with Crippen LogP contribution in [0.3, 0.4) is 0 Å². The Labute approximate surface area is 146 Å². The fourth-order valence-corrected chi connectivity index (χ4v) is 2.89. The number of amides is 1. The van der Waals surface area contributed by atoms with Gasteiger partial charge >= 0.3 is 6.09 Å². The summed E-state index contributed by atoms with van der Waals surface area (Å²) in [7, 11) is 0. The molecule has 1 aliphatic rings. The van der Waals surface area contributed by atoms with Crippen LogP contribution in [0.5, 0.6) is 0 Å². The summed E-state index contributed by atoms with van der Waals surface area (Å²) in [5.74, 6) is 0.211. The van der Waals surface area contributed by atoms with E-state index in [0.717, 1.165) is 16.8 Å². The van der Waals surface area contributed by atoms with Crippen molar-refractivity contribution < 1.29 is 13.9 Å². The van der Waals surface area contributed by atoms with Gasteiger partial charge in [-0.15, -0.1) is 0 Å². The molecule has 1 aromatic carbocycles. The van der Waals surface area contributed by atoms with Crippen LogP contribution < -0.4 is 5.73 Å². The normalized spacial score (nSPS) is 14.3. The van der Waals surface area contributed by atoms with Crippen LogP contribution in [0.15, 0.2) is 24.3 Å². The highest BCUT2D eigenvalue weighted by Crippen LogP contribution is 2.26. The summed E-state index contributed by atoms with van der Waals surface area (Å²) >= 11 is 0. The first-order valence-corrected chi connectivity index (χ1v) is 8.29. The summed E-state index contributed by atoms with van der Waals surface area (Å²) in [4.78, 5) is 14.0. The molecule has 0 bridgehead atoms. The summed E-state index contributed by atoms with van der Waals surface area (Å²) in [6.07, 6.45) is 0.301. The molecule has 134 valence electrons. The molecule has 25 heavy (non-hydrogen) atoms. The van der Waals surface area contributed by atoms with Gasteiger partial charge in [-0.25, -0.2) is 9.18 Å². The van der Waals surface area contributed by atoms with E-state index in [9.17, 15) is 9.18 Å². The maximum atomic E-state index is 13.1. The second-order valence-corrected chi connectivity index (χ2v) is 7.25. The van der Waals surface area contributed by atoms with E-state index < -0.39 is 5.60 Å². The first-order chi connectivity index (χ1) is 11.7. The van der Waals surface area contributed by atoms with Gasteiger partial charge in [-0.3, -0.25) is 4.68 Å². The maximum Gasteiger partial charge on any atom is 0.410 e. The smallest absolute Gasteiger partial charge is 0.410 e. The number of carbonyl (C=O) groups is 1. The number of halogens is 1. The lowest BCUT2D eigenvalue weighted by atomic mass is 10.1. The van der Waals surface area contributed by atoms with Crippen molar-refractivity contribution in [2.45, 2.75) is 45.9 Å². The Morgan fingerprint density at radius 3 is 2.64 bits per heavy atom. The summed E-state index contributed by atoms with van der Waals surface area (Å²) in [5, 5.41) is 4.40. The largest absolute Gasteiger partial charge is 0.444 e. The number of nitrogens with zero attached hydrogens (tertiary/aromatic N) is 3. The topological polar surface area (TPSA) is 73.4 Å². The van der Waals surface area contributed by atoms with Gasteiger partial charge in [-0.1, -0.05) is 12.1 Å². The van der Waals surface area contributed by atoms with E-state index in [2.05, 4.69) is 5.10 Å². The summed E-state index contributed by atoms with van der Waals surface area (Å²) in [5.41, 5.74) is 8.29. The van der Waals surface area contributed by atoms with Crippen LogP contribution in [0.4, 0.5) is 15.0 Å². The Morgan fingerprint density at radius 1 is 1.32 bits per heavy atom. The first kappa shape index (κ1) is 17.3. The second kappa shape index (κ2) is 6.38. The molecule has 2 aromatic rings. The number of hydrogen-bond acceptors (Lipinski definition) is 4. The molecule has 1 aromatic heterocycles. The fourth-order valence-electron chi connectivity index (χ4n) is 2.89. The van der Waals surface area contributed by atoms with Gasteiger partial charge < -0.3 is 15.4 Å². The molecule has 3 rings (SSSR count). The Morgan fingerprint density at radius 2 is 2.00 bits per heavy atom. The van der Waals surface area contributed by atoms with Gasteiger partial charge in [0.25, 0.3) is 0 Å². The van der Waals surface area contributed by atoms with Crippen LogP contribution in [0.2, 0.25) is 0 Å². The minimum Gasteiger partial charge on any atom is -0.444 e. The minimum atomic E-state index is -0.537. The number of rotatable bonds is 2. The number of hydrogen-bond donors (Lipinski definition) is 1. The van der Waals surface area contributed by atoms with E-state index in [4.69, 9.17) is 10.5 Å². The highest BCUT2D eigenvalue weighted by atomic mass is 19.1. The van der Waals surface area contributed by atoms with Crippen molar-refractivity contribution in [1.82, 2.24) is 14.7 Å². The van der Waals surface area contributed by atoms with E-state index in [1.807, 2.05) is 20.8 Å². The molecule has 0 spiro atoms. The van der Waals surface area contributed by atoms with E-state index in [-0.39, 0.29) is 11.9 Å². The Balaban J connectivity index is 1.81. The molecule has 0 radical (unpaired) electrons. The summed E-state index contributed by atoms with van der Waals surface area (Å²) in [6.45, 7) is 6.96. The van der Waals surface area contributed by atoms with Gasteiger partial charge in [-0.2, -0.15) is 5.10 Å². The Kier molecular flexibility index (Phi) is 4.41. The molecule has 6 nitrogen and oxygen atoms in total. The van der Waals surface area contributed by atoms with Crippen molar-refractivity contribution in [3.63, 3.8) is 0 Å². The molecule has 1 aliphatic heterocycles. The van der Waals surface area contributed by atoms with Crippen molar-refractivity contribution in [2.75, 3.05) is 12.3 Å². The minimum absolute atomic E-state index is 0.276. The molecular weight excluding hydrogens is 323 g/mol. The van der Waals surface area contributed by atoms with E-state index in [0.29, 0.717) is 31.9 Å². The van der Waals surface area contributed by atoms with Gasteiger partial charge in [0.2, 0.25) is 0 Å². The maximum absolute atomic E-state index is 13.1. The molecule has 2 heterocycles. The van der Waals surface area contributed by atoms with Crippen molar-refractivity contribution in [2.24, 2.45) is 0 Å². The molecule has 1 amide bonds. The average Bonchev–Trinajstić information content (AvgIpc) is 2.84. The van der Waals surface area contributed by atoms with E-state index in [1.165, 1.54) is 12.1 Å². The zero-order valence-electron chi connectivity index (χ0n) is 14.8. The number of fused-ring (bicyclic) bond motifs is 1. The lowest BCUT2D eigenvalue weighted by Crippen LogP contribution is -2.40. The molecule has 2 N–H and O–H groups in total. The quantitative estimate of drug-likeness (QED) is 0.907. The van der Waals surface area contributed by atoms with E-state index >= 15 is 0 Å². The number of carbonyl (C=O) groups excluding carboxylic acids is 1. The van der Waals surface area contributed by atoms with Gasteiger partial charge in [0, 0.05) is 12.1 Å². The zero-order valence-corrected chi connectivity index (χ0v) is 14.8. The molecule has 0 aliphatic carbocycles. The number of anilines is 1.